The Balaban J connectivity index is 3.40. The van der Waals surface area contributed by atoms with Crippen LogP contribution >= 0.6 is 0 Å². The van der Waals surface area contributed by atoms with Gasteiger partial charge in [-0.2, -0.15) is 0 Å². The predicted octanol–water partition coefficient (Wildman–Crippen LogP) is 17.0. The van der Waals surface area contributed by atoms with E-state index in [1.54, 1.807) is 0 Å². The fourth-order valence-electron chi connectivity index (χ4n) is 8.08. The number of aliphatic hydroxyl groups is 1. The zero-order valence-corrected chi connectivity index (χ0v) is 38.8. The lowest BCUT2D eigenvalue weighted by molar-refractivity contribution is -0.122. The summed E-state index contributed by atoms with van der Waals surface area (Å²) in [7, 11) is 0. The van der Waals surface area contributed by atoms with E-state index in [1.165, 1.54) is 212 Å². The van der Waals surface area contributed by atoms with Crippen LogP contribution in [-0.4, -0.2) is 29.4 Å². The Morgan fingerprint density at radius 2 is 0.719 bits per heavy atom. The van der Waals surface area contributed by atoms with Gasteiger partial charge in [0.1, 0.15) is 5.78 Å². The van der Waals surface area contributed by atoms with Crippen LogP contribution in [0.25, 0.3) is 0 Å². The number of nitrogens with one attached hydrogen (secondary N) is 1. The quantitative estimate of drug-likeness (QED) is 0.0476. The summed E-state index contributed by atoms with van der Waals surface area (Å²) in [4.78, 5) is 24.7. The zero-order valence-electron chi connectivity index (χ0n) is 38.8. The van der Waals surface area contributed by atoms with Gasteiger partial charge in [0, 0.05) is 19.3 Å². The number of carbonyl (C=O) groups is 2. The van der Waals surface area contributed by atoms with Gasteiger partial charge in [-0.15, -0.1) is 0 Å². The summed E-state index contributed by atoms with van der Waals surface area (Å²) in [5.41, 5.74) is 0. The standard InChI is InChI=1S/C53H101NO3/c1-3-5-7-9-11-13-15-17-19-21-22-26-30-34-38-42-46-51(50-55)54-53(57)49-45-41-37-33-29-25-24-28-32-36-40-44-48-52(56)47-43-39-35-31-27-23-20-18-16-14-12-10-8-6-4-2/h12,14,18,20,51,55H,3-11,13,15-17,19,21-50H2,1-2H3,(H,54,57)/b14-12-,20-18-. The Labute approximate surface area is 357 Å². The molecule has 0 radical (unpaired) electrons. The summed E-state index contributed by atoms with van der Waals surface area (Å²) >= 11 is 0. The predicted molar refractivity (Wildman–Crippen MR) is 252 cm³/mol. The van der Waals surface area contributed by atoms with Gasteiger partial charge in [0.25, 0.3) is 0 Å². The van der Waals surface area contributed by atoms with Crippen LogP contribution < -0.4 is 5.32 Å². The third-order valence-corrected chi connectivity index (χ3v) is 12.0. The van der Waals surface area contributed by atoms with Crippen LogP contribution in [0.2, 0.25) is 0 Å². The molecule has 0 aliphatic heterocycles. The van der Waals surface area contributed by atoms with Crippen molar-refractivity contribution < 1.29 is 14.7 Å². The second kappa shape index (κ2) is 48.9. The Morgan fingerprint density at radius 3 is 1.12 bits per heavy atom. The monoisotopic (exact) mass is 800 g/mol. The SMILES string of the molecule is CCCCC/C=C\C/C=C\CCCCCCCC(=O)CCCCCCCCCCCCCCC(=O)NC(CO)CCCCCCCCCCCCCCCCCC. The molecule has 1 amide bonds. The molecule has 1 atom stereocenters. The van der Waals surface area contributed by atoms with Crippen molar-refractivity contribution in [3.05, 3.63) is 24.3 Å². The minimum absolute atomic E-state index is 0.0569. The molecule has 0 aromatic carbocycles. The molecule has 0 saturated carbocycles. The molecule has 0 heterocycles. The molecule has 4 heteroatoms. The molecule has 57 heavy (non-hydrogen) atoms. The highest BCUT2D eigenvalue weighted by atomic mass is 16.3. The number of carbonyl (C=O) groups excluding carboxylic acids is 2. The van der Waals surface area contributed by atoms with Crippen molar-refractivity contribution in [3.8, 4) is 0 Å². The van der Waals surface area contributed by atoms with E-state index in [0.717, 1.165) is 57.8 Å². The number of rotatable bonds is 48. The third-order valence-electron chi connectivity index (χ3n) is 12.0. The van der Waals surface area contributed by atoms with E-state index in [2.05, 4.69) is 43.5 Å². The molecule has 0 aliphatic rings. The van der Waals surface area contributed by atoms with Crippen LogP contribution in [0.1, 0.15) is 290 Å². The summed E-state index contributed by atoms with van der Waals surface area (Å²) in [6.45, 7) is 4.60. The van der Waals surface area contributed by atoms with Crippen molar-refractivity contribution >= 4 is 11.7 Å². The number of hydrogen-bond donors (Lipinski definition) is 2. The highest BCUT2D eigenvalue weighted by Crippen LogP contribution is 2.17. The number of aliphatic hydroxyl groups excluding tert-OH is 1. The fraction of sp³-hybridized carbons (Fsp3) is 0.887. The van der Waals surface area contributed by atoms with Crippen molar-refractivity contribution in [1.29, 1.82) is 0 Å². The lowest BCUT2D eigenvalue weighted by atomic mass is 10.0. The number of Topliss-reactive ketones (excluding diaryl/α,β-unsaturated/α-hetero) is 1. The van der Waals surface area contributed by atoms with E-state index in [4.69, 9.17) is 0 Å². The van der Waals surface area contributed by atoms with Gasteiger partial charge in [0.2, 0.25) is 5.91 Å². The van der Waals surface area contributed by atoms with Gasteiger partial charge in [0.05, 0.1) is 12.6 Å². The zero-order chi connectivity index (χ0) is 41.4. The molecule has 0 saturated heterocycles. The van der Waals surface area contributed by atoms with Crippen LogP contribution in [0.4, 0.5) is 0 Å². The van der Waals surface area contributed by atoms with Crippen molar-refractivity contribution in [2.75, 3.05) is 6.61 Å². The molecule has 4 nitrogen and oxygen atoms in total. The van der Waals surface area contributed by atoms with Crippen molar-refractivity contribution in [2.45, 2.75) is 296 Å². The van der Waals surface area contributed by atoms with Crippen LogP contribution in [-0.2, 0) is 9.59 Å². The number of hydrogen-bond acceptors (Lipinski definition) is 3. The highest BCUT2D eigenvalue weighted by molar-refractivity contribution is 5.78. The molecule has 0 fully saturated rings. The maximum absolute atomic E-state index is 12.4. The van der Waals surface area contributed by atoms with E-state index in [-0.39, 0.29) is 18.6 Å². The molecular weight excluding hydrogens is 699 g/mol. The van der Waals surface area contributed by atoms with Crippen LogP contribution in [0.3, 0.4) is 0 Å². The van der Waals surface area contributed by atoms with Crippen LogP contribution in [0.15, 0.2) is 24.3 Å². The number of ketones is 1. The number of allylic oxidation sites excluding steroid dienone is 4. The first-order valence-electron chi connectivity index (χ1n) is 25.9. The maximum Gasteiger partial charge on any atom is 0.220 e. The molecule has 336 valence electrons. The summed E-state index contributed by atoms with van der Waals surface area (Å²) in [6.07, 6.45) is 62.5. The Hall–Kier alpha value is -1.42. The second-order valence-electron chi connectivity index (χ2n) is 17.8. The molecule has 0 aromatic rings. The maximum atomic E-state index is 12.4. The van der Waals surface area contributed by atoms with E-state index in [9.17, 15) is 14.7 Å². The van der Waals surface area contributed by atoms with Crippen molar-refractivity contribution in [1.82, 2.24) is 5.32 Å². The van der Waals surface area contributed by atoms with Gasteiger partial charge >= 0.3 is 0 Å². The average Bonchev–Trinajstić information content (AvgIpc) is 3.21. The van der Waals surface area contributed by atoms with E-state index in [0.29, 0.717) is 12.2 Å². The number of unbranched alkanes of at least 4 members (excludes halogenated alkanes) is 34. The van der Waals surface area contributed by atoms with E-state index >= 15 is 0 Å². The normalized spacial score (nSPS) is 12.3. The van der Waals surface area contributed by atoms with Gasteiger partial charge in [-0.05, 0) is 57.8 Å². The molecule has 0 aromatic heterocycles. The molecular formula is C53H101NO3. The highest BCUT2D eigenvalue weighted by Gasteiger charge is 2.11. The average molecular weight is 800 g/mol. The molecule has 0 spiro atoms. The number of amides is 1. The molecule has 1 unspecified atom stereocenters. The van der Waals surface area contributed by atoms with E-state index in [1.807, 2.05) is 0 Å². The Morgan fingerprint density at radius 1 is 0.404 bits per heavy atom. The van der Waals surface area contributed by atoms with Crippen LogP contribution in [0, 0.1) is 0 Å². The molecule has 0 aliphatic carbocycles. The van der Waals surface area contributed by atoms with E-state index < -0.39 is 0 Å². The van der Waals surface area contributed by atoms with Crippen LogP contribution in [0.5, 0.6) is 0 Å². The smallest absolute Gasteiger partial charge is 0.220 e. The third kappa shape index (κ3) is 47.1. The lowest BCUT2D eigenvalue weighted by Gasteiger charge is -2.16. The minimum Gasteiger partial charge on any atom is -0.394 e. The first-order valence-corrected chi connectivity index (χ1v) is 25.9. The van der Waals surface area contributed by atoms with Gasteiger partial charge in [-0.1, -0.05) is 237 Å². The summed E-state index contributed by atoms with van der Waals surface area (Å²) < 4.78 is 0. The van der Waals surface area contributed by atoms with Crippen molar-refractivity contribution in [3.63, 3.8) is 0 Å². The molecule has 0 bridgehead atoms. The fourth-order valence-corrected chi connectivity index (χ4v) is 8.08. The van der Waals surface area contributed by atoms with Gasteiger partial charge < -0.3 is 10.4 Å². The first-order chi connectivity index (χ1) is 28.1. The molecule has 0 rings (SSSR count). The summed E-state index contributed by atoms with van der Waals surface area (Å²) in [5.74, 6) is 0.600. The first kappa shape index (κ1) is 55.6. The van der Waals surface area contributed by atoms with Gasteiger partial charge in [0.15, 0.2) is 0 Å². The van der Waals surface area contributed by atoms with Gasteiger partial charge in [-0.25, -0.2) is 0 Å². The topological polar surface area (TPSA) is 66.4 Å². The summed E-state index contributed by atoms with van der Waals surface area (Å²) in [6, 6.07) is -0.0719. The Bertz CT molecular complexity index is 866. The second-order valence-corrected chi connectivity index (χ2v) is 17.8. The minimum atomic E-state index is -0.0719. The molecule has 2 N–H and O–H groups in total. The largest absolute Gasteiger partial charge is 0.394 e. The Kier molecular flexibility index (Phi) is 47.7. The lowest BCUT2D eigenvalue weighted by Crippen LogP contribution is -2.37. The summed E-state index contributed by atoms with van der Waals surface area (Å²) in [5, 5.41) is 12.9. The van der Waals surface area contributed by atoms with Crippen molar-refractivity contribution in [2.24, 2.45) is 0 Å². The van der Waals surface area contributed by atoms with Gasteiger partial charge in [-0.3, -0.25) is 9.59 Å².